The Labute approximate surface area is 209 Å². The van der Waals surface area contributed by atoms with Crippen LogP contribution >= 0.6 is 27.7 Å². The fourth-order valence-corrected chi connectivity index (χ4v) is 4.98. The number of nitrogens with one attached hydrogen (secondary N) is 2. The molecule has 3 rings (SSSR count). The Morgan fingerprint density at radius 1 is 1.21 bits per heavy atom. The van der Waals surface area contributed by atoms with Gasteiger partial charge in [-0.1, -0.05) is 48.2 Å². The van der Waals surface area contributed by atoms with Crippen molar-refractivity contribution in [1.29, 1.82) is 5.26 Å². The lowest BCUT2D eigenvalue weighted by molar-refractivity contribution is -0.150. The fraction of sp³-hybridized carbons (Fsp3) is 0.250. The van der Waals surface area contributed by atoms with Crippen molar-refractivity contribution in [3.8, 4) is 11.8 Å². The lowest BCUT2D eigenvalue weighted by atomic mass is 9.78. The summed E-state index contributed by atoms with van der Waals surface area (Å²) in [4.78, 5) is 37.8. The molecule has 2 atom stereocenters. The normalized spacial score (nSPS) is 17.4. The van der Waals surface area contributed by atoms with Crippen LogP contribution in [0.5, 0.6) is 5.75 Å². The summed E-state index contributed by atoms with van der Waals surface area (Å²) < 4.78 is 10.7. The number of esters is 1. The Balaban J connectivity index is 1.87. The molecule has 0 bridgehead atoms. The van der Waals surface area contributed by atoms with Crippen LogP contribution in [0.2, 0.25) is 0 Å². The molecular formula is C24H22BrN3O5S. The maximum absolute atomic E-state index is 12.9. The van der Waals surface area contributed by atoms with Gasteiger partial charge in [0.15, 0.2) is 0 Å². The predicted octanol–water partition coefficient (Wildman–Crippen LogP) is 3.25. The number of hydrogen-bond acceptors (Lipinski definition) is 7. The van der Waals surface area contributed by atoms with Gasteiger partial charge in [0.2, 0.25) is 11.8 Å². The molecule has 10 heteroatoms. The number of nitrogens with zero attached hydrogens (tertiary/aromatic N) is 1. The molecule has 1 aliphatic rings. The van der Waals surface area contributed by atoms with E-state index < -0.39 is 23.7 Å². The molecule has 0 fully saturated rings. The molecule has 2 aromatic carbocycles. The molecule has 0 aliphatic carbocycles. The maximum atomic E-state index is 12.9. The van der Waals surface area contributed by atoms with Crippen LogP contribution in [0.4, 0.5) is 0 Å². The number of carbonyl (C=O) groups excluding carboxylic acids is 3. The van der Waals surface area contributed by atoms with Gasteiger partial charge in [-0.3, -0.25) is 14.4 Å². The Morgan fingerprint density at radius 2 is 1.94 bits per heavy atom. The average Bonchev–Trinajstić information content (AvgIpc) is 2.85. The van der Waals surface area contributed by atoms with Crippen LogP contribution in [-0.4, -0.2) is 37.8 Å². The Hall–Kier alpha value is -3.29. The Morgan fingerprint density at radius 3 is 2.56 bits per heavy atom. The first-order valence-electron chi connectivity index (χ1n) is 10.2. The molecular weight excluding hydrogens is 522 g/mol. The topological polar surface area (TPSA) is 118 Å². The van der Waals surface area contributed by atoms with E-state index in [2.05, 4.69) is 32.6 Å². The van der Waals surface area contributed by atoms with Crippen LogP contribution in [0.25, 0.3) is 0 Å². The first-order valence-corrected chi connectivity index (χ1v) is 12.0. The second kappa shape index (κ2) is 11.7. The van der Waals surface area contributed by atoms with E-state index in [-0.39, 0.29) is 22.3 Å². The third kappa shape index (κ3) is 5.79. The van der Waals surface area contributed by atoms with Crippen molar-refractivity contribution in [3.05, 3.63) is 74.7 Å². The zero-order valence-corrected chi connectivity index (χ0v) is 20.9. The molecule has 0 unspecified atom stereocenters. The largest absolute Gasteiger partial charge is 0.496 e. The molecule has 8 nitrogen and oxygen atoms in total. The van der Waals surface area contributed by atoms with E-state index in [0.717, 1.165) is 17.3 Å². The monoisotopic (exact) mass is 543 g/mol. The highest BCUT2D eigenvalue weighted by Crippen LogP contribution is 2.42. The molecule has 0 saturated heterocycles. The van der Waals surface area contributed by atoms with E-state index in [9.17, 15) is 19.6 Å². The first kappa shape index (κ1) is 25.3. The second-order valence-electron chi connectivity index (χ2n) is 7.27. The number of ether oxygens (including phenoxy) is 2. The number of halogens is 1. The predicted molar refractivity (Wildman–Crippen MR) is 130 cm³/mol. The van der Waals surface area contributed by atoms with Gasteiger partial charge in [-0.2, -0.15) is 5.26 Å². The molecule has 2 amide bonds. The zero-order valence-electron chi connectivity index (χ0n) is 18.5. The van der Waals surface area contributed by atoms with Gasteiger partial charge in [0.05, 0.1) is 41.1 Å². The fourth-order valence-electron chi connectivity index (χ4n) is 3.54. The van der Waals surface area contributed by atoms with Gasteiger partial charge in [-0.25, -0.2) is 0 Å². The third-order valence-corrected chi connectivity index (χ3v) is 6.84. The van der Waals surface area contributed by atoms with E-state index >= 15 is 0 Å². The van der Waals surface area contributed by atoms with Gasteiger partial charge in [-0.15, -0.1) is 0 Å². The van der Waals surface area contributed by atoms with Gasteiger partial charge in [0.25, 0.3) is 0 Å². The summed E-state index contributed by atoms with van der Waals surface area (Å²) in [5.74, 6) is -3.21. The summed E-state index contributed by atoms with van der Waals surface area (Å²) in [6.45, 7) is 0.365. The van der Waals surface area contributed by atoms with Crippen LogP contribution in [0, 0.1) is 17.2 Å². The average molecular weight is 544 g/mol. The molecule has 0 aromatic heterocycles. The van der Waals surface area contributed by atoms with Gasteiger partial charge in [-0.05, 0) is 39.2 Å². The number of thioether (sulfide) groups is 1. The summed E-state index contributed by atoms with van der Waals surface area (Å²) in [6, 6.07) is 16.6. The van der Waals surface area contributed by atoms with Gasteiger partial charge in [0, 0.05) is 12.5 Å². The molecule has 1 aliphatic heterocycles. The van der Waals surface area contributed by atoms with Gasteiger partial charge >= 0.3 is 5.97 Å². The molecule has 2 N–H and O–H groups in total. The molecule has 1 heterocycles. The lowest BCUT2D eigenvalue weighted by Crippen LogP contribution is -2.44. The Kier molecular flexibility index (Phi) is 8.73. The summed E-state index contributed by atoms with van der Waals surface area (Å²) >= 11 is 4.44. The van der Waals surface area contributed by atoms with Crippen LogP contribution in [0.3, 0.4) is 0 Å². The number of amides is 2. The SMILES string of the molecule is COC(=O)[C@@H]1C(=O)NC(SCC(=O)NCc2ccccc2)=C(C#N)[C@H]1c1ccc(OC)c(Br)c1. The van der Waals surface area contributed by atoms with Crippen molar-refractivity contribution in [2.24, 2.45) is 5.92 Å². The van der Waals surface area contributed by atoms with Crippen molar-refractivity contribution in [1.82, 2.24) is 10.6 Å². The number of hydrogen-bond donors (Lipinski definition) is 2. The zero-order chi connectivity index (χ0) is 24.7. The van der Waals surface area contributed by atoms with E-state index in [1.807, 2.05) is 30.3 Å². The highest BCUT2D eigenvalue weighted by atomic mass is 79.9. The smallest absolute Gasteiger partial charge is 0.319 e. The third-order valence-electron chi connectivity index (χ3n) is 5.20. The van der Waals surface area contributed by atoms with Crippen LogP contribution in [0.15, 0.2) is 63.6 Å². The molecule has 176 valence electrons. The minimum Gasteiger partial charge on any atom is -0.496 e. The minimum absolute atomic E-state index is 0.0183. The van der Waals surface area contributed by atoms with Crippen LogP contribution < -0.4 is 15.4 Å². The highest BCUT2D eigenvalue weighted by molar-refractivity contribution is 9.10. The molecule has 34 heavy (non-hydrogen) atoms. The van der Waals surface area contributed by atoms with Crippen molar-refractivity contribution in [2.75, 3.05) is 20.0 Å². The van der Waals surface area contributed by atoms with Crippen molar-refractivity contribution in [2.45, 2.75) is 12.5 Å². The number of benzene rings is 2. The standard InChI is InChI=1S/C24H22BrN3O5S/c1-32-18-9-8-15(10-17(18)25)20-16(11-26)23(28-22(30)21(20)24(31)33-2)34-13-19(29)27-12-14-6-4-3-5-7-14/h3-10,20-21H,12-13H2,1-2H3,(H,27,29)(H,28,30)/t20-,21+/m1/s1. The molecule has 0 radical (unpaired) electrons. The summed E-state index contributed by atoms with van der Waals surface area (Å²) in [5, 5.41) is 15.6. The Bertz CT molecular complexity index is 1160. The van der Waals surface area contributed by atoms with E-state index in [4.69, 9.17) is 9.47 Å². The summed E-state index contributed by atoms with van der Waals surface area (Å²) in [5.41, 5.74) is 1.68. The number of methoxy groups -OCH3 is 2. The van der Waals surface area contributed by atoms with E-state index in [0.29, 0.717) is 22.3 Å². The molecule has 0 saturated carbocycles. The second-order valence-corrected chi connectivity index (χ2v) is 9.11. The molecule has 2 aromatic rings. The van der Waals surface area contributed by atoms with Gasteiger partial charge < -0.3 is 20.1 Å². The lowest BCUT2D eigenvalue weighted by Gasteiger charge is -2.31. The first-order chi connectivity index (χ1) is 16.4. The minimum atomic E-state index is -1.25. The number of allylic oxidation sites excluding steroid dienone is 1. The van der Waals surface area contributed by atoms with Crippen molar-refractivity contribution < 1.29 is 23.9 Å². The number of nitriles is 1. The molecule has 0 spiro atoms. The van der Waals surface area contributed by atoms with Crippen LogP contribution in [0.1, 0.15) is 17.0 Å². The highest BCUT2D eigenvalue weighted by Gasteiger charge is 2.44. The summed E-state index contributed by atoms with van der Waals surface area (Å²) in [6.07, 6.45) is 0. The maximum Gasteiger partial charge on any atom is 0.319 e. The van der Waals surface area contributed by atoms with Crippen molar-refractivity contribution in [3.63, 3.8) is 0 Å². The van der Waals surface area contributed by atoms with E-state index in [1.54, 1.807) is 18.2 Å². The van der Waals surface area contributed by atoms with Crippen LogP contribution in [-0.2, 0) is 25.7 Å². The number of rotatable bonds is 8. The van der Waals surface area contributed by atoms with Gasteiger partial charge in [0.1, 0.15) is 11.7 Å². The van der Waals surface area contributed by atoms with Crippen molar-refractivity contribution >= 4 is 45.5 Å². The number of carbonyl (C=O) groups is 3. The van der Waals surface area contributed by atoms with E-state index in [1.165, 1.54) is 14.2 Å². The summed E-state index contributed by atoms with van der Waals surface area (Å²) in [7, 11) is 2.71. The quantitative estimate of drug-likeness (QED) is 0.387.